The highest BCUT2D eigenvalue weighted by Crippen LogP contribution is 2.33. The molecule has 0 atom stereocenters. The van der Waals surface area contributed by atoms with E-state index in [0.29, 0.717) is 31.7 Å². The predicted molar refractivity (Wildman–Crippen MR) is 106 cm³/mol. The number of ether oxygens (including phenoxy) is 1. The van der Waals surface area contributed by atoms with Crippen molar-refractivity contribution in [2.75, 3.05) is 18.5 Å². The lowest BCUT2D eigenvalue weighted by Gasteiger charge is -2.38. The minimum Gasteiger partial charge on any atom is -0.381 e. The number of anilines is 1. The standard InChI is InChI=1S/C18H20BrN3O4S/c19-14-3-1-2-13(12-14)18(8-10-26-11-9-18)22-17(23)21-15-4-6-16(7-5-15)27(20,24)25/h1-7,12H,8-11H2,(H2,20,24,25)(H2,21,22,23). The van der Waals surface area contributed by atoms with Gasteiger partial charge in [0.25, 0.3) is 0 Å². The van der Waals surface area contributed by atoms with Crippen molar-refractivity contribution in [3.8, 4) is 0 Å². The zero-order valence-corrected chi connectivity index (χ0v) is 16.8. The van der Waals surface area contributed by atoms with Gasteiger partial charge >= 0.3 is 6.03 Å². The average molecular weight is 454 g/mol. The van der Waals surface area contributed by atoms with E-state index in [0.717, 1.165) is 10.0 Å². The van der Waals surface area contributed by atoms with Crippen molar-refractivity contribution < 1.29 is 17.9 Å². The Morgan fingerprint density at radius 1 is 1.11 bits per heavy atom. The molecule has 0 radical (unpaired) electrons. The quantitative estimate of drug-likeness (QED) is 0.660. The van der Waals surface area contributed by atoms with Gasteiger partial charge in [0.2, 0.25) is 10.0 Å². The molecule has 7 nitrogen and oxygen atoms in total. The molecule has 4 N–H and O–H groups in total. The molecule has 1 fully saturated rings. The molecule has 1 saturated heterocycles. The molecule has 2 aromatic carbocycles. The molecule has 0 spiro atoms. The first-order chi connectivity index (χ1) is 12.8. The van der Waals surface area contributed by atoms with Crippen molar-refractivity contribution in [3.05, 3.63) is 58.6 Å². The first kappa shape index (κ1) is 19.8. The number of nitrogens with one attached hydrogen (secondary N) is 2. The number of benzene rings is 2. The van der Waals surface area contributed by atoms with Crippen LogP contribution in [0.2, 0.25) is 0 Å². The maximum atomic E-state index is 12.6. The molecule has 9 heteroatoms. The van der Waals surface area contributed by atoms with Crippen LogP contribution in [0.5, 0.6) is 0 Å². The van der Waals surface area contributed by atoms with Crippen molar-refractivity contribution in [2.24, 2.45) is 5.14 Å². The minimum atomic E-state index is -3.77. The van der Waals surface area contributed by atoms with Crippen molar-refractivity contribution in [2.45, 2.75) is 23.3 Å². The van der Waals surface area contributed by atoms with Crippen LogP contribution in [-0.4, -0.2) is 27.7 Å². The minimum absolute atomic E-state index is 0.0107. The summed E-state index contributed by atoms with van der Waals surface area (Å²) >= 11 is 3.48. The Kier molecular flexibility index (Phi) is 5.85. The van der Waals surface area contributed by atoms with Crippen LogP contribution < -0.4 is 15.8 Å². The van der Waals surface area contributed by atoms with Gasteiger partial charge in [-0.25, -0.2) is 18.4 Å². The number of rotatable bonds is 4. The summed E-state index contributed by atoms with van der Waals surface area (Å²) < 4.78 is 29.0. The second kappa shape index (κ2) is 7.97. The predicted octanol–water partition coefficient (Wildman–Crippen LogP) is 2.92. The molecule has 1 heterocycles. The Morgan fingerprint density at radius 2 is 1.78 bits per heavy atom. The number of amides is 2. The van der Waals surface area contributed by atoms with E-state index in [1.807, 2.05) is 24.3 Å². The summed E-state index contributed by atoms with van der Waals surface area (Å²) in [6.45, 7) is 1.10. The lowest BCUT2D eigenvalue weighted by molar-refractivity contribution is 0.0418. The molecule has 0 aliphatic carbocycles. The SMILES string of the molecule is NS(=O)(=O)c1ccc(NC(=O)NC2(c3cccc(Br)c3)CCOCC2)cc1. The molecule has 0 aromatic heterocycles. The van der Waals surface area contributed by atoms with Crippen LogP contribution in [0.4, 0.5) is 10.5 Å². The summed E-state index contributed by atoms with van der Waals surface area (Å²) in [7, 11) is -3.77. The smallest absolute Gasteiger partial charge is 0.319 e. The largest absolute Gasteiger partial charge is 0.381 e. The Morgan fingerprint density at radius 3 is 2.37 bits per heavy atom. The van der Waals surface area contributed by atoms with Crippen LogP contribution in [0.3, 0.4) is 0 Å². The van der Waals surface area contributed by atoms with Gasteiger partial charge in [0, 0.05) is 23.4 Å². The van der Waals surface area contributed by atoms with E-state index < -0.39 is 15.6 Å². The average Bonchev–Trinajstić information content (AvgIpc) is 2.62. The van der Waals surface area contributed by atoms with Gasteiger partial charge in [0.1, 0.15) is 0 Å². The van der Waals surface area contributed by atoms with Gasteiger partial charge in [-0.1, -0.05) is 28.1 Å². The molecule has 2 aromatic rings. The third-order valence-electron chi connectivity index (χ3n) is 4.52. The molecular weight excluding hydrogens is 434 g/mol. The van der Waals surface area contributed by atoms with E-state index >= 15 is 0 Å². The van der Waals surface area contributed by atoms with Gasteiger partial charge in [-0.05, 0) is 54.8 Å². The summed E-state index contributed by atoms with van der Waals surface area (Å²) in [5, 5.41) is 10.9. The number of hydrogen-bond donors (Lipinski definition) is 3. The Labute approximate surface area is 166 Å². The zero-order chi connectivity index (χ0) is 19.5. The summed E-state index contributed by atoms with van der Waals surface area (Å²) in [6.07, 6.45) is 1.31. The summed E-state index contributed by atoms with van der Waals surface area (Å²) in [5.41, 5.74) is 0.934. The third-order valence-corrected chi connectivity index (χ3v) is 5.94. The number of carbonyl (C=O) groups excluding carboxylic acids is 1. The number of carbonyl (C=O) groups is 1. The Hall–Kier alpha value is -1.94. The maximum Gasteiger partial charge on any atom is 0.319 e. The zero-order valence-electron chi connectivity index (χ0n) is 14.4. The molecule has 0 saturated carbocycles. The molecule has 2 amide bonds. The van der Waals surface area contributed by atoms with Gasteiger partial charge in [-0.15, -0.1) is 0 Å². The van der Waals surface area contributed by atoms with E-state index in [1.165, 1.54) is 24.3 Å². The van der Waals surface area contributed by atoms with Gasteiger partial charge in [0.05, 0.1) is 10.4 Å². The van der Waals surface area contributed by atoms with E-state index in [-0.39, 0.29) is 10.9 Å². The number of primary sulfonamides is 1. The summed E-state index contributed by atoms with van der Waals surface area (Å²) in [4.78, 5) is 12.6. The number of halogens is 1. The van der Waals surface area contributed by atoms with Crippen molar-refractivity contribution in [1.29, 1.82) is 0 Å². The molecule has 3 rings (SSSR count). The van der Waals surface area contributed by atoms with E-state index in [9.17, 15) is 13.2 Å². The first-order valence-electron chi connectivity index (χ1n) is 8.34. The van der Waals surface area contributed by atoms with Crippen LogP contribution in [0.1, 0.15) is 18.4 Å². The van der Waals surface area contributed by atoms with Crippen LogP contribution in [0.25, 0.3) is 0 Å². The molecular formula is C18H20BrN3O4S. The lowest BCUT2D eigenvalue weighted by Crippen LogP contribution is -2.50. The van der Waals surface area contributed by atoms with Gasteiger partial charge in [0.15, 0.2) is 0 Å². The van der Waals surface area contributed by atoms with Crippen LogP contribution in [-0.2, 0) is 20.3 Å². The van der Waals surface area contributed by atoms with Crippen LogP contribution >= 0.6 is 15.9 Å². The summed E-state index contributed by atoms with van der Waals surface area (Å²) in [6, 6.07) is 13.2. The van der Waals surface area contributed by atoms with Crippen molar-refractivity contribution >= 4 is 37.7 Å². The molecule has 1 aliphatic rings. The van der Waals surface area contributed by atoms with Crippen molar-refractivity contribution in [3.63, 3.8) is 0 Å². The van der Waals surface area contributed by atoms with E-state index in [2.05, 4.69) is 26.6 Å². The fraction of sp³-hybridized carbons (Fsp3) is 0.278. The topological polar surface area (TPSA) is 111 Å². The lowest BCUT2D eigenvalue weighted by atomic mass is 9.83. The Balaban J connectivity index is 1.77. The number of urea groups is 1. The highest BCUT2D eigenvalue weighted by Gasteiger charge is 2.36. The second-order valence-corrected chi connectivity index (χ2v) is 8.83. The molecule has 0 bridgehead atoms. The molecule has 27 heavy (non-hydrogen) atoms. The first-order valence-corrected chi connectivity index (χ1v) is 10.7. The molecule has 0 unspecified atom stereocenters. The van der Waals surface area contributed by atoms with Gasteiger partial charge in [-0.3, -0.25) is 0 Å². The van der Waals surface area contributed by atoms with Crippen LogP contribution in [0, 0.1) is 0 Å². The van der Waals surface area contributed by atoms with Gasteiger partial charge < -0.3 is 15.4 Å². The molecule has 144 valence electrons. The number of sulfonamides is 1. The van der Waals surface area contributed by atoms with E-state index in [1.54, 1.807) is 0 Å². The third kappa shape index (κ3) is 4.86. The van der Waals surface area contributed by atoms with Crippen LogP contribution in [0.15, 0.2) is 57.9 Å². The Bertz CT molecular complexity index is 926. The summed E-state index contributed by atoms with van der Waals surface area (Å²) in [5.74, 6) is 0. The monoisotopic (exact) mass is 453 g/mol. The number of nitrogens with two attached hydrogens (primary N) is 1. The normalized spacial score (nSPS) is 16.5. The number of hydrogen-bond acceptors (Lipinski definition) is 4. The second-order valence-electron chi connectivity index (χ2n) is 6.35. The fourth-order valence-corrected chi connectivity index (χ4v) is 4.01. The highest BCUT2D eigenvalue weighted by molar-refractivity contribution is 9.10. The molecule has 1 aliphatic heterocycles. The van der Waals surface area contributed by atoms with Crippen molar-refractivity contribution in [1.82, 2.24) is 5.32 Å². The van der Waals surface area contributed by atoms with E-state index in [4.69, 9.17) is 9.88 Å². The maximum absolute atomic E-state index is 12.6. The highest BCUT2D eigenvalue weighted by atomic mass is 79.9. The fourth-order valence-electron chi connectivity index (χ4n) is 3.10. The van der Waals surface area contributed by atoms with Gasteiger partial charge in [-0.2, -0.15) is 0 Å².